The molecule has 1 aliphatic heterocycles. The van der Waals surface area contributed by atoms with Crippen LogP contribution in [0.4, 0.5) is 0 Å². The first-order valence-corrected chi connectivity index (χ1v) is 7.69. The zero-order valence-electron chi connectivity index (χ0n) is 12.5. The molecule has 1 aromatic carbocycles. The van der Waals surface area contributed by atoms with E-state index in [9.17, 15) is 9.59 Å². The molecule has 1 saturated heterocycles. The molecule has 5 nitrogen and oxygen atoms in total. The molecule has 2 atom stereocenters. The summed E-state index contributed by atoms with van der Waals surface area (Å²) >= 11 is 5.82. The first-order valence-electron chi connectivity index (χ1n) is 7.31. The number of carbonyl (C=O) groups excluding carboxylic acids is 2. The molecular weight excluding hydrogens is 306 g/mol. The van der Waals surface area contributed by atoms with Gasteiger partial charge in [-0.3, -0.25) is 4.79 Å². The van der Waals surface area contributed by atoms with Crippen LogP contribution in [-0.4, -0.2) is 37.7 Å². The van der Waals surface area contributed by atoms with Gasteiger partial charge in [0.25, 0.3) is 0 Å². The molecule has 1 heterocycles. The summed E-state index contributed by atoms with van der Waals surface area (Å²) in [5, 5.41) is 3.62. The third-order valence-corrected chi connectivity index (χ3v) is 3.91. The van der Waals surface area contributed by atoms with Crippen LogP contribution >= 0.6 is 11.6 Å². The average Bonchev–Trinajstić information content (AvgIpc) is 2.54. The summed E-state index contributed by atoms with van der Waals surface area (Å²) in [6, 6.07) is 7.42. The molecular formula is C16H20ClNO4. The van der Waals surface area contributed by atoms with E-state index in [0.29, 0.717) is 37.3 Å². The molecule has 0 aliphatic carbocycles. The molecule has 1 aromatic rings. The number of nitrogens with one attached hydrogen (secondary N) is 1. The minimum atomic E-state index is -0.507. The van der Waals surface area contributed by atoms with E-state index >= 15 is 0 Å². The van der Waals surface area contributed by atoms with Crippen molar-refractivity contribution in [3.8, 4) is 0 Å². The van der Waals surface area contributed by atoms with E-state index in [1.165, 1.54) is 7.11 Å². The van der Waals surface area contributed by atoms with Crippen molar-refractivity contribution in [1.82, 2.24) is 5.32 Å². The van der Waals surface area contributed by atoms with Crippen LogP contribution in [0.15, 0.2) is 24.3 Å². The highest BCUT2D eigenvalue weighted by Crippen LogP contribution is 2.15. The molecule has 22 heavy (non-hydrogen) atoms. The van der Waals surface area contributed by atoms with Gasteiger partial charge in [0.1, 0.15) is 0 Å². The van der Waals surface area contributed by atoms with Crippen LogP contribution in [0, 0.1) is 0 Å². The Morgan fingerprint density at radius 1 is 1.32 bits per heavy atom. The first-order chi connectivity index (χ1) is 10.6. The highest BCUT2D eigenvalue weighted by atomic mass is 35.5. The van der Waals surface area contributed by atoms with Gasteiger partial charge in [-0.1, -0.05) is 23.7 Å². The van der Waals surface area contributed by atoms with Gasteiger partial charge in [-0.05, 0) is 37.0 Å². The Labute approximate surface area is 134 Å². The fraction of sp³-hybridized carbons (Fsp3) is 0.500. The predicted octanol–water partition coefficient (Wildman–Crippen LogP) is 2.11. The molecule has 0 aromatic heterocycles. The molecule has 0 unspecified atom stereocenters. The van der Waals surface area contributed by atoms with Crippen molar-refractivity contribution in [2.24, 2.45) is 0 Å². The Morgan fingerprint density at radius 2 is 2.05 bits per heavy atom. The van der Waals surface area contributed by atoms with Crippen LogP contribution in [0.1, 0.15) is 24.8 Å². The van der Waals surface area contributed by atoms with Gasteiger partial charge in [-0.15, -0.1) is 0 Å². The van der Waals surface area contributed by atoms with Crippen molar-refractivity contribution in [3.63, 3.8) is 0 Å². The van der Waals surface area contributed by atoms with Crippen molar-refractivity contribution < 1.29 is 19.1 Å². The first kappa shape index (κ1) is 16.8. The third-order valence-electron chi connectivity index (χ3n) is 3.66. The summed E-state index contributed by atoms with van der Waals surface area (Å²) in [6.07, 6.45) is 1.86. The number of hydrogen-bond donors (Lipinski definition) is 1. The van der Waals surface area contributed by atoms with Crippen LogP contribution in [0.25, 0.3) is 0 Å². The summed E-state index contributed by atoms with van der Waals surface area (Å²) in [5.41, 5.74) is 1.07. The zero-order chi connectivity index (χ0) is 15.9. The maximum absolute atomic E-state index is 11.9. The normalized spacial score (nSPS) is 21.2. The topological polar surface area (TPSA) is 64.6 Å². The predicted molar refractivity (Wildman–Crippen MR) is 82.7 cm³/mol. The van der Waals surface area contributed by atoms with Crippen molar-refractivity contribution in [2.75, 3.05) is 13.7 Å². The smallest absolute Gasteiger partial charge is 0.334 e. The summed E-state index contributed by atoms with van der Waals surface area (Å²) in [6.45, 7) is 0.340. The third kappa shape index (κ3) is 5.00. The number of hydrogen-bond acceptors (Lipinski definition) is 4. The molecule has 1 N–H and O–H groups in total. The van der Waals surface area contributed by atoms with E-state index in [-0.39, 0.29) is 17.9 Å². The average molecular weight is 326 g/mol. The Kier molecular flexibility index (Phi) is 6.21. The number of carbonyl (C=O) groups is 2. The Bertz CT molecular complexity index is 509. The lowest BCUT2D eigenvalue weighted by molar-refractivity contribution is -0.157. The summed E-state index contributed by atoms with van der Waals surface area (Å²) in [7, 11) is 1.34. The molecule has 1 amide bonds. The Morgan fingerprint density at radius 3 is 2.64 bits per heavy atom. The number of halogens is 1. The maximum atomic E-state index is 11.9. The Hall–Kier alpha value is -1.59. The molecule has 0 bridgehead atoms. The van der Waals surface area contributed by atoms with E-state index in [0.717, 1.165) is 5.56 Å². The maximum Gasteiger partial charge on any atom is 0.334 e. The number of esters is 1. The van der Waals surface area contributed by atoms with Crippen LogP contribution in [-0.2, 0) is 25.5 Å². The van der Waals surface area contributed by atoms with Crippen molar-refractivity contribution in [3.05, 3.63) is 34.9 Å². The van der Waals surface area contributed by atoms with Crippen molar-refractivity contribution in [2.45, 2.75) is 37.8 Å². The lowest BCUT2D eigenvalue weighted by atomic mass is 10.0. The fourth-order valence-corrected chi connectivity index (χ4v) is 2.52. The number of aryl methyl sites for hydroxylation is 1. The van der Waals surface area contributed by atoms with Crippen LogP contribution in [0.5, 0.6) is 0 Å². The highest BCUT2D eigenvalue weighted by molar-refractivity contribution is 6.30. The lowest BCUT2D eigenvalue weighted by Crippen LogP contribution is -2.44. The van der Waals surface area contributed by atoms with Gasteiger partial charge in [-0.2, -0.15) is 0 Å². The number of amides is 1. The quantitative estimate of drug-likeness (QED) is 0.842. The molecule has 1 aliphatic rings. The van der Waals surface area contributed by atoms with Crippen LogP contribution in [0.2, 0.25) is 5.02 Å². The summed E-state index contributed by atoms with van der Waals surface area (Å²) in [4.78, 5) is 23.3. The lowest BCUT2D eigenvalue weighted by Gasteiger charge is -2.28. The van der Waals surface area contributed by atoms with Gasteiger partial charge in [-0.25, -0.2) is 4.79 Å². The molecule has 120 valence electrons. The van der Waals surface area contributed by atoms with Gasteiger partial charge < -0.3 is 14.8 Å². The van der Waals surface area contributed by atoms with Gasteiger partial charge in [0.2, 0.25) is 5.91 Å². The number of benzene rings is 1. The van der Waals surface area contributed by atoms with E-state index < -0.39 is 6.10 Å². The number of ether oxygens (including phenoxy) is 2. The minimum absolute atomic E-state index is 0.0138. The van der Waals surface area contributed by atoms with Gasteiger partial charge in [0.05, 0.1) is 19.8 Å². The highest BCUT2D eigenvalue weighted by Gasteiger charge is 2.28. The minimum Gasteiger partial charge on any atom is -0.467 e. The van der Waals surface area contributed by atoms with Gasteiger partial charge in [0.15, 0.2) is 6.10 Å². The second-order valence-electron chi connectivity index (χ2n) is 5.31. The fourth-order valence-electron chi connectivity index (χ4n) is 2.39. The molecule has 0 saturated carbocycles. The molecule has 0 radical (unpaired) electrons. The van der Waals surface area contributed by atoms with E-state index in [2.05, 4.69) is 10.1 Å². The largest absolute Gasteiger partial charge is 0.467 e. The second kappa shape index (κ2) is 8.15. The summed E-state index contributed by atoms with van der Waals surface area (Å²) in [5.74, 6) is -0.368. The van der Waals surface area contributed by atoms with E-state index in [1.807, 2.05) is 24.3 Å². The van der Waals surface area contributed by atoms with Crippen molar-refractivity contribution >= 4 is 23.5 Å². The summed E-state index contributed by atoms with van der Waals surface area (Å²) < 4.78 is 10.1. The monoisotopic (exact) mass is 325 g/mol. The van der Waals surface area contributed by atoms with Crippen molar-refractivity contribution in [1.29, 1.82) is 0 Å². The van der Waals surface area contributed by atoms with Crippen LogP contribution in [0.3, 0.4) is 0 Å². The van der Waals surface area contributed by atoms with Gasteiger partial charge in [0, 0.05) is 11.4 Å². The molecule has 2 rings (SSSR count). The standard InChI is InChI=1S/C16H20ClNO4/c1-21-16(20)14-8-7-13(10-22-14)18-15(19)9-4-11-2-5-12(17)6-3-11/h2-3,5-6,13-14H,4,7-10H2,1H3,(H,18,19)/t13-,14+/m1/s1. The van der Waals surface area contributed by atoms with Crippen LogP contribution < -0.4 is 5.32 Å². The Balaban J connectivity index is 1.69. The zero-order valence-corrected chi connectivity index (χ0v) is 13.3. The van der Waals surface area contributed by atoms with Gasteiger partial charge >= 0.3 is 5.97 Å². The number of methoxy groups -OCH3 is 1. The molecule has 0 spiro atoms. The van der Waals surface area contributed by atoms with E-state index in [1.54, 1.807) is 0 Å². The molecule has 1 fully saturated rings. The second-order valence-corrected chi connectivity index (χ2v) is 5.75. The molecule has 6 heteroatoms. The SMILES string of the molecule is COC(=O)[C@@H]1CC[C@@H](NC(=O)CCc2ccc(Cl)cc2)CO1. The number of rotatable bonds is 5. The van der Waals surface area contributed by atoms with E-state index in [4.69, 9.17) is 16.3 Å².